The molecule has 1 radical (unpaired) electrons. The Morgan fingerprint density at radius 3 is 2.92 bits per heavy atom. The summed E-state index contributed by atoms with van der Waals surface area (Å²) in [5, 5.41) is 12.1. The third-order valence-electron chi connectivity index (χ3n) is 1.38. The Kier molecular flexibility index (Phi) is 3.07. The van der Waals surface area contributed by atoms with Crippen LogP contribution in [0.2, 0.25) is 0 Å². The molecule has 0 fully saturated rings. The van der Waals surface area contributed by atoms with Crippen molar-refractivity contribution >= 4 is 6.09 Å². The maximum absolute atomic E-state index is 9.95. The standard InChI is InChI=1S/C8H9N2O2/c11-8(12)10-6-4-7-3-1-2-5-9-7/h1-3,5,10H,4,6H2. The first-order valence-electron chi connectivity index (χ1n) is 3.64. The van der Waals surface area contributed by atoms with Crippen LogP contribution in [0.1, 0.15) is 5.69 Å². The van der Waals surface area contributed by atoms with E-state index in [1.54, 1.807) is 6.20 Å². The van der Waals surface area contributed by atoms with Gasteiger partial charge in [0, 0.05) is 24.9 Å². The molecule has 0 spiro atoms. The molecule has 0 unspecified atom stereocenters. The Balaban J connectivity index is 2.29. The van der Waals surface area contributed by atoms with Gasteiger partial charge in [-0.2, -0.15) is 0 Å². The van der Waals surface area contributed by atoms with E-state index in [9.17, 15) is 9.90 Å². The Morgan fingerprint density at radius 1 is 1.50 bits per heavy atom. The van der Waals surface area contributed by atoms with Crippen LogP contribution in [0.4, 0.5) is 4.79 Å². The molecule has 1 N–H and O–H groups in total. The van der Waals surface area contributed by atoms with Crippen LogP contribution >= 0.6 is 0 Å². The van der Waals surface area contributed by atoms with Gasteiger partial charge in [-0.25, -0.2) is 9.90 Å². The fraction of sp³-hybridized carbons (Fsp3) is 0.250. The minimum absolute atomic E-state index is 0.347. The number of carbonyl (C=O) groups excluding carboxylic acids is 1. The molecular formula is C8H9N2O2. The molecule has 12 heavy (non-hydrogen) atoms. The zero-order valence-electron chi connectivity index (χ0n) is 6.49. The topological polar surface area (TPSA) is 61.9 Å². The zero-order valence-corrected chi connectivity index (χ0v) is 6.49. The van der Waals surface area contributed by atoms with Crippen molar-refractivity contribution in [3.63, 3.8) is 0 Å². The minimum atomic E-state index is -1.24. The van der Waals surface area contributed by atoms with Crippen LogP contribution in [0, 0.1) is 0 Å². The highest BCUT2D eigenvalue weighted by Gasteiger charge is 1.96. The van der Waals surface area contributed by atoms with Gasteiger partial charge in [-0.1, -0.05) is 6.07 Å². The molecule has 0 aliphatic rings. The van der Waals surface area contributed by atoms with E-state index in [4.69, 9.17) is 0 Å². The highest BCUT2D eigenvalue weighted by atomic mass is 16.4. The summed E-state index contributed by atoms with van der Waals surface area (Å²) in [6.45, 7) is 0.347. The highest BCUT2D eigenvalue weighted by molar-refractivity contribution is 5.63. The summed E-state index contributed by atoms with van der Waals surface area (Å²) in [7, 11) is 0. The predicted octanol–water partition coefficient (Wildman–Crippen LogP) is 0.764. The van der Waals surface area contributed by atoms with E-state index in [2.05, 4.69) is 10.3 Å². The first-order chi connectivity index (χ1) is 5.79. The minimum Gasteiger partial charge on any atom is -0.318 e. The molecule has 0 saturated carbocycles. The monoisotopic (exact) mass is 165 g/mol. The molecule has 0 saturated heterocycles. The third-order valence-corrected chi connectivity index (χ3v) is 1.38. The number of aromatic nitrogens is 1. The molecule has 0 aromatic carbocycles. The van der Waals surface area contributed by atoms with Crippen molar-refractivity contribution < 1.29 is 9.90 Å². The van der Waals surface area contributed by atoms with Crippen LogP contribution in [-0.4, -0.2) is 17.6 Å². The summed E-state index contributed by atoms with van der Waals surface area (Å²) in [6.07, 6.45) is 1.02. The van der Waals surface area contributed by atoms with E-state index in [1.165, 1.54) is 0 Å². The lowest BCUT2D eigenvalue weighted by atomic mass is 10.3. The predicted molar refractivity (Wildman–Crippen MR) is 42.0 cm³/mol. The lowest BCUT2D eigenvalue weighted by Gasteiger charge is -1.98. The average molecular weight is 165 g/mol. The van der Waals surface area contributed by atoms with Gasteiger partial charge in [0.25, 0.3) is 0 Å². The quantitative estimate of drug-likeness (QED) is 0.718. The Hall–Kier alpha value is -1.58. The molecule has 1 aromatic rings. The van der Waals surface area contributed by atoms with Crippen LogP contribution in [-0.2, 0) is 11.5 Å². The largest absolute Gasteiger partial charge is 0.450 e. The molecule has 0 bridgehead atoms. The molecule has 4 heteroatoms. The molecule has 1 heterocycles. The van der Waals surface area contributed by atoms with Gasteiger partial charge in [0.15, 0.2) is 0 Å². The number of nitrogens with zero attached hydrogens (tertiary/aromatic N) is 1. The Labute approximate surface area is 70.3 Å². The average Bonchev–Trinajstić information content (AvgIpc) is 2.05. The van der Waals surface area contributed by atoms with Gasteiger partial charge < -0.3 is 5.32 Å². The van der Waals surface area contributed by atoms with Crippen molar-refractivity contribution in [2.24, 2.45) is 0 Å². The van der Waals surface area contributed by atoms with Crippen molar-refractivity contribution in [1.29, 1.82) is 0 Å². The van der Waals surface area contributed by atoms with Gasteiger partial charge in [0.05, 0.1) is 0 Å². The first kappa shape index (κ1) is 8.52. The number of carbonyl (C=O) groups is 1. The van der Waals surface area contributed by atoms with Crippen LogP contribution in [0.3, 0.4) is 0 Å². The molecule has 0 atom stereocenters. The number of pyridine rings is 1. The highest BCUT2D eigenvalue weighted by Crippen LogP contribution is 1.92. The molecular weight excluding hydrogens is 156 g/mol. The second kappa shape index (κ2) is 4.33. The third kappa shape index (κ3) is 3.01. The van der Waals surface area contributed by atoms with Gasteiger partial charge in [0.2, 0.25) is 0 Å². The zero-order chi connectivity index (χ0) is 8.81. The van der Waals surface area contributed by atoms with Gasteiger partial charge >= 0.3 is 6.09 Å². The van der Waals surface area contributed by atoms with Gasteiger partial charge in [-0.05, 0) is 12.1 Å². The number of nitrogens with one attached hydrogen (secondary N) is 1. The molecule has 4 nitrogen and oxygen atoms in total. The molecule has 0 aliphatic heterocycles. The fourth-order valence-electron chi connectivity index (χ4n) is 0.839. The van der Waals surface area contributed by atoms with E-state index in [1.807, 2.05) is 18.2 Å². The first-order valence-corrected chi connectivity index (χ1v) is 3.64. The van der Waals surface area contributed by atoms with Gasteiger partial charge in [-0.3, -0.25) is 4.98 Å². The smallest absolute Gasteiger partial charge is 0.318 e. The Morgan fingerprint density at radius 2 is 2.33 bits per heavy atom. The number of rotatable bonds is 3. The van der Waals surface area contributed by atoms with Crippen molar-refractivity contribution in [2.75, 3.05) is 6.54 Å². The molecule has 63 valence electrons. The van der Waals surface area contributed by atoms with Crippen LogP contribution in [0.25, 0.3) is 0 Å². The van der Waals surface area contributed by atoms with Crippen molar-refractivity contribution in [1.82, 2.24) is 10.3 Å². The van der Waals surface area contributed by atoms with E-state index >= 15 is 0 Å². The molecule has 1 amide bonds. The van der Waals surface area contributed by atoms with Crippen molar-refractivity contribution in [3.05, 3.63) is 30.1 Å². The summed E-state index contributed by atoms with van der Waals surface area (Å²) >= 11 is 0. The molecule has 0 aliphatic carbocycles. The summed E-state index contributed by atoms with van der Waals surface area (Å²) in [6, 6.07) is 5.52. The molecule has 1 rings (SSSR count). The number of hydrogen-bond acceptors (Lipinski definition) is 2. The summed E-state index contributed by atoms with van der Waals surface area (Å²) < 4.78 is 0. The van der Waals surface area contributed by atoms with E-state index in [-0.39, 0.29) is 0 Å². The van der Waals surface area contributed by atoms with E-state index < -0.39 is 6.09 Å². The molecule has 1 aromatic heterocycles. The summed E-state index contributed by atoms with van der Waals surface area (Å²) in [4.78, 5) is 14.0. The number of amides is 1. The van der Waals surface area contributed by atoms with Crippen molar-refractivity contribution in [3.8, 4) is 0 Å². The van der Waals surface area contributed by atoms with Crippen molar-refractivity contribution in [2.45, 2.75) is 6.42 Å². The second-order valence-electron chi connectivity index (χ2n) is 2.29. The maximum atomic E-state index is 9.95. The normalized spacial score (nSPS) is 9.33. The van der Waals surface area contributed by atoms with Crippen LogP contribution < -0.4 is 5.32 Å². The Bertz CT molecular complexity index is 248. The fourth-order valence-corrected chi connectivity index (χ4v) is 0.839. The van der Waals surface area contributed by atoms with Gasteiger partial charge in [-0.15, -0.1) is 0 Å². The SMILES string of the molecule is [O]C(=O)NCCc1ccccn1. The second-order valence-corrected chi connectivity index (χ2v) is 2.29. The van der Waals surface area contributed by atoms with Gasteiger partial charge in [0.1, 0.15) is 0 Å². The lowest BCUT2D eigenvalue weighted by molar-refractivity contribution is 0.169. The maximum Gasteiger partial charge on any atom is 0.450 e. The lowest BCUT2D eigenvalue weighted by Crippen LogP contribution is -2.22. The summed E-state index contributed by atoms with van der Waals surface area (Å²) in [5.41, 5.74) is 0.867. The van der Waals surface area contributed by atoms with E-state index in [0.717, 1.165) is 5.69 Å². The number of hydrogen-bond donors (Lipinski definition) is 1. The van der Waals surface area contributed by atoms with Crippen LogP contribution in [0.15, 0.2) is 24.4 Å². The summed E-state index contributed by atoms with van der Waals surface area (Å²) in [5.74, 6) is 0. The van der Waals surface area contributed by atoms with E-state index in [0.29, 0.717) is 13.0 Å². The van der Waals surface area contributed by atoms with Crippen LogP contribution in [0.5, 0.6) is 0 Å².